The highest BCUT2D eigenvalue weighted by Crippen LogP contribution is 2.29. The molecule has 0 aliphatic rings. The quantitative estimate of drug-likeness (QED) is 0.281. The Kier molecular flexibility index (Phi) is 8.86. The molecule has 3 N–H and O–H groups in total. The van der Waals surface area contributed by atoms with Gasteiger partial charge in [0.15, 0.2) is 6.61 Å². The van der Waals surface area contributed by atoms with Crippen LogP contribution in [0.25, 0.3) is 10.9 Å². The van der Waals surface area contributed by atoms with E-state index in [1.165, 1.54) is 5.56 Å². The number of pyridine rings is 1. The molecule has 7 nitrogen and oxygen atoms in total. The topological polar surface area (TPSA) is 101 Å². The van der Waals surface area contributed by atoms with Crippen LogP contribution in [0.5, 0.6) is 5.75 Å². The lowest BCUT2D eigenvalue weighted by Crippen LogP contribution is -2.43. The summed E-state index contributed by atoms with van der Waals surface area (Å²) in [5.41, 5.74) is 3.17. The molecule has 186 valence electrons. The Hall–Kier alpha value is -4.10. The number of fused-ring (bicyclic) bond motifs is 1. The number of aromatic nitrogens is 1. The summed E-state index contributed by atoms with van der Waals surface area (Å²) in [7, 11) is 0. The molecule has 3 aromatic carbocycles. The summed E-state index contributed by atoms with van der Waals surface area (Å²) >= 11 is 5.98. The van der Waals surface area contributed by atoms with E-state index in [4.69, 9.17) is 21.4 Å². The van der Waals surface area contributed by atoms with Crippen molar-refractivity contribution in [3.8, 4) is 5.75 Å². The third-order valence-electron chi connectivity index (χ3n) is 5.26. The number of anilines is 1. The van der Waals surface area contributed by atoms with Crippen molar-refractivity contribution in [3.05, 3.63) is 101 Å². The normalized spacial score (nSPS) is 10.7. The summed E-state index contributed by atoms with van der Waals surface area (Å²) in [4.78, 5) is 26.6. The average Bonchev–Trinajstić information content (AvgIpc) is 2.86. The van der Waals surface area contributed by atoms with Crippen molar-refractivity contribution >= 4 is 40.2 Å². The number of carbonyl (C=O) groups excluding carboxylic acids is 1. The highest BCUT2D eigenvalue weighted by Gasteiger charge is 2.22. The molecule has 0 unspecified atom stereocenters. The molecule has 0 aliphatic heterocycles. The fourth-order valence-corrected chi connectivity index (χ4v) is 3.59. The van der Waals surface area contributed by atoms with Crippen LogP contribution in [0.15, 0.2) is 85.1 Å². The third kappa shape index (κ3) is 7.45. The monoisotopic (exact) mass is 505 g/mol. The van der Waals surface area contributed by atoms with E-state index in [2.05, 4.69) is 15.6 Å². The first kappa shape index (κ1) is 26.5. The Morgan fingerprint density at radius 3 is 2.33 bits per heavy atom. The van der Waals surface area contributed by atoms with Gasteiger partial charge in [0.2, 0.25) is 0 Å². The summed E-state index contributed by atoms with van der Waals surface area (Å²) in [5.74, 6) is -0.610. The SMILES string of the molecule is Cc1ccc(NC(=O)NC(C)(C)c2ccccc2)cc1.O=C(O)COc1ccc(Cl)c2cccnc12. The molecular weight excluding hydrogens is 478 g/mol. The maximum absolute atomic E-state index is 12.1. The van der Waals surface area contributed by atoms with Crippen LogP contribution >= 0.6 is 11.6 Å². The lowest BCUT2D eigenvalue weighted by Gasteiger charge is -2.27. The number of ether oxygens (including phenoxy) is 1. The molecule has 0 saturated heterocycles. The number of carboxylic acid groups (broad SMARTS) is 1. The fraction of sp³-hybridized carbons (Fsp3) is 0.179. The van der Waals surface area contributed by atoms with Gasteiger partial charge in [0, 0.05) is 17.3 Å². The number of aryl methyl sites for hydroxylation is 1. The molecule has 1 heterocycles. The van der Waals surface area contributed by atoms with Gasteiger partial charge in [-0.1, -0.05) is 59.6 Å². The van der Waals surface area contributed by atoms with Crippen LogP contribution in [0, 0.1) is 6.92 Å². The van der Waals surface area contributed by atoms with E-state index in [1.54, 1.807) is 30.5 Å². The molecule has 1 aromatic heterocycles. The van der Waals surface area contributed by atoms with Crippen LogP contribution in [0.3, 0.4) is 0 Å². The maximum Gasteiger partial charge on any atom is 0.341 e. The second-order valence-electron chi connectivity index (χ2n) is 8.56. The predicted molar refractivity (Wildman–Crippen MR) is 143 cm³/mol. The standard InChI is InChI=1S/C17H20N2O.C11H8ClNO3/c1-13-9-11-15(12-10-13)18-16(20)19-17(2,3)14-7-5-4-6-8-14;12-8-3-4-9(16-6-10(14)15)11-7(8)2-1-5-13-11/h4-12H,1-3H3,(H2,18,19,20);1-5H,6H2,(H,14,15). The first-order chi connectivity index (χ1) is 17.2. The van der Waals surface area contributed by atoms with Crippen molar-refractivity contribution in [2.45, 2.75) is 26.3 Å². The smallest absolute Gasteiger partial charge is 0.341 e. The molecule has 4 rings (SSSR count). The highest BCUT2D eigenvalue weighted by molar-refractivity contribution is 6.35. The molecule has 8 heteroatoms. The minimum absolute atomic E-state index is 0.206. The van der Waals surface area contributed by atoms with Crippen LogP contribution in [0.2, 0.25) is 5.02 Å². The number of hydrogen-bond acceptors (Lipinski definition) is 4. The number of urea groups is 1. The van der Waals surface area contributed by atoms with Gasteiger partial charge >= 0.3 is 12.0 Å². The van der Waals surface area contributed by atoms with Crippen LogP contribution < -0.4 is 15.4 Å². The molecule has 2 amide bonds. The van der Waals surface area contributed by atoms with Gasteiger partial charge in [0.25, 0.3) is 0 Å². The molecule has 0 spiro atoms. The van der Waals surface area contributed by atoms with Gasteiger partial charge in [-0.05, 0) is 62.7 Å². The predicted octanol–water partition coefficient (Wildman–Crippen LogP) is 6.40. The largest absolute Gasteiger partial charge is 0.480 e. The van der Waals surface area contributed by atoms with Crippen molar-refractivity contribution in [2.75, 3.05) is 11.9 Å². The molecule has 0 saturated carbocycles. The molecule has 4 aromatic rings. The van der Waals surface area contributed by atoms with Crippen molar-refractivity contribution in [1.82, 2.24) is 10.3 Å². The van der Waals surface area contributed by atoms with Crippen molar-refractivity contribution < 1.29 is 19.4 Å². The van der Waals surface area contributed by atoms with Gasteiger partial charge in [-0.3, -0.25) is 4.98 Å². The van der Waals surface area contributed by atoms with Gasteiger partial charge in [-0.15, -0.1) is 0 Å². The van der Waals surface area contributed by atoms with Gasteiger partial charge in [-0.2, -0.15) is 0 Å². The highest BCUT2D eigenvalue weighted by atomic mass is 35.5. The number of halogens is 1. The molecule has 0 atom stereocenters. The van der Waals surface area contributed by atoms with Crippen LogP contribution in [-0.2, 0) is 10.3 Å². The number of carboxylic acids is 1. The van der Waals surface area contributed by atoms with Crippen LogP contribution in [0.1, 0.15) is 25.0 Å². The maximum atomic E-state index is 12.1. The average molecular weight is 506 g/mol. The van der Waals surface area contributed by atoms with Crippen LogP contribution in [-0.4, -0.2) is 28.7 Å². The van der Waals surface area contributed by atoms with E-state index in [-0.39, 0.29) is 6.03 Å². The Labute approximate surface area is 215 Å². The van der Waals surface area contributed by atoms with Crippen molar-refractivity contribution in [2.24, 2.45) is 0 Å². The Bertz CT molecular complexity index is 1330. The summed E-state index contributed by atoms with van der Waals surface area (Å²) in [5, 5.41) is 15.7. The first-order valence-corrected chi connectivity index (χ1v) is 11.6. The summed E-state index contributed by atoms with van der Waals surface area (Å²) in [6, 6.07) is 24.3. The molecule has 0 radical (unpaired) electrons. The Balaban J connectivity index is 0.000000205. The number of nitrogens with one attached hydrogen (secondary N) is 2. The van der Waals surface area contributed by atoms with Crippen molar-refractivity contribution in [1.29, 1.82) is 0 Å². The third-order valence-corrected chi connectivity index (χ3v) is 5.59. The Morgan fingerprint density at radius 2 is 1.67 bits per heavy atom. The number of amides is 2. The number of carbonyl (C=O) groups is 2. The van der Waals surface area contributed by atoms with E-state index in [0.717, 1.165) is 16.6 Å². The lowest BCUT2D eigenvalue weighted by atomic mass is 9.95. The summed E-state index contributed by atoms with van der Waals surface area (Å²) < 4.78 is 5.12. The fourth-order valence-electron chi connectivity index (χ4n) is 3.38. The number of hydrogen-bond donors (Lipinski definition) is 3. The zero-order chi connectivity index (χ0) is 26.1. The second-order valence-corrected chi connectivity index (χ2v) is 8.97. The minimum atomic E-state index is -1.03. The molecule has 36 heavy (non-hydrogen) atoms. The van der Waals surface area contributed by atoms with E-state index < -0.39 is 18.1 Å². The van der Waals surface area contributed by atoms with Gasteiger partial charge in [-0.25, -0.2) is 9.59 Å². The zero-order valence-corrected chi connectivity index (χ0v) is 21.0. The van der Waals surface area contributed by atoms with Crippen LogP contribution in [0.4, 0.5) is 10.5 Å². The number of nitrogens with zero attached hydrogens (tertiary/aromatic N) is 1. The zero-order valence-electron chi connectivity index (χ0n) is 20.3. The second kappa shape index (κ2) is 12.0. The minimum Gasteiger partial charge on any atom is -0.480 e. The van der Waals surface area contributed by atoms with E-state index in [0.29, 0.717) is 16.3 Å². The molecular formula is C28H28ClN3O4. The Morgan fingerprint density at radius 1 is 0.972 bits per heavy atom. The summed E-state index contributed by atoms with van der Waals surface area (Å²) in [6.45, 7) is 5.59. The number of aliphatic carboxylic acids is 1. The lowest BCUT2D eigenvalue weighted by molar-refractivity contribution is -0.139. The van der Waals surface area contributed by atoms with Gasteiger partial charge < -0.3 is 20.5 Å². The first-order valence-electron chi connectivity index (χ1n) is 11.2. The van der Waals surface area contributed by atoms with Gasteiger partial charge in [0.05, 0.1) is 10.6 Å². The van der Waals surface area contributed by atoms with E-state index in [1.807, 2.05) is 75.4 Å². The number of benzene rings is 3. The summed E-state index contributed by atoms with van der Waals surface area (Å²) in [6.07, 6.45) is 1.60. The molecule has 0 fully saturated rings. The van der Waals surface area contributed by atoms with E-state index >= 15 is 0 Å². The molecule has 0 bridgehead atoms. The van der Waals surface area contributed by atoms with E-state index in [9.17, 15) is 9.59 Å². The number of rotatable bonds is 6. The van der Waals surface area contributed by atoms with Gasteiger partial charge in [0.1, 0.15) is 11.3 Å². The molecule has 0 aliphatic carbocycles. The van der Waals surface area contributed by atoms with Crippen molar-refractivity contribution in [3.63, 3.8) is 0 Å².